The minimum absolute atomic E-state index is 0.00381. The summed E-state index contributed by atoms with van der Waals surface area (Å²) < 4.78 is 0.800. The van der Waals surface area contributed by atoms with Gasteiger partial charge >= 0.3 is 315 Å². The number of benzene rings is 6. The Morgan fingerprint density at radius 2 is 0.843 bits per heavy atom. The molecule has 2 aliphatic carbocycles. The van der Waals surface area contributed by atoms with Crippen LogP contribution in [0.25, 0.3) is 56.0 Å². The molecular formula is C48H47Cl2Zr. The van der Waals surface area contributed by atoms with Crippen LogP contribution in [0.4, 0.5) is 0 Å². The van der Waals surface area contributed by atoms with Crippen LogP contribution < -0.4 is 0 Å². The molecule has 0 bridgehead atoms. The molecule has 0 N–H and O–H groups in total. The summed E-state index contributed by atoms with van der Waals surface area (Å²) in [6.07, 6.45) is 4.90. The quantitative estimate of drug-likeness (QED) is 0.163. The Labute approximate surface area is 312 Å². The molecule has 0 aliphatic heterocycles. The standard InChI is InChI=1S/2C23H21.C2H5.2ClH.Zr/c2*1-14-12-21-16(3)15(2)17(4)23(22(21)13-14)20-11-7-9-18-8-5-6-10-19(18)20;1-2;;;/h2*5-13H,1-4H3;1H2,2H3;2*1H;/q;;;;;+2/p-2. The normalized spacial score (nSPS) is 17.7. The molecule has 6 aromatic carbocycles. The Hall–Kier alpha value is -3.22. The number of fused-ring (bicyclic) bond motifs is 4. The van der Waals surface area contributed by atoms with Crippen LogP contribution in [0.5, 0.6) is 0 Å². The van der Waals surface area contributed by atoms with Gasteiger partial charge in [-0.1, -0.05) is 0 Å². The van der Waals surface area contributed by atoms with Gasteiger partial charge < -0.3 is 0 Å². The molecule has 0 saturated carbocycles. The van der Waals surface area contributed by atoms with Crippen molar-refractivity contribution in [3.05, 3.63) is 152 Å². The van der Waals surface area contributed by atoms with Crippen LogP contribution in [-0.2, 0) is 16.4 Å². The summed E-state index contributed by atoms with van der Waals surface area (Å²) >= 11 is -4.98. The fourth-order valence-electron chi connectivity index (χ4n) is 10.2. The van der Waals surface area contributed by atoms with E-state index in [1.54, 1.807) is 0 Å². The fourth-order valence-corrected chi connectivity index (χ4v) is 29.4. The zero-order chi connectivity index (χ0) is 36.2. The Morgan fingerprint density at radius 3 is 1.24 bits per heavy atom. The van der Waals surface area contributed by atoms with E-state index in [2.05, 4.69) is 159 Å². The molecule has 6 aromatic rings. The molecule has 0 heterocycles. The SMILES string of the molecule is C[CH2][Zr]([Cl])([Cl])([CH]1C(C)=Cc2c(-c3cccc4ccccc34)c(C)c(C)c(C)c21)[CH]1C(C)=Cc2c(-c3cccc4ccccc34)c(C)c(C)c(C)c21. The monoisotopic (exact) mass is 783 g/mol. The van der Waals surface area contributed by atoms with Gasteiger partial charge in [0.15, 0.2) is 0 Å². The molecule has 0 aromatic heterocycles. The average Bonchev–Trinajstić information content (AvgIpc) is 3.68. The second-order valence-electron chi connectivity index (χ2n) is 15.6. The van der Waals surface area contributed by atoms with Crippen LogP contribution in [0.2, 0.25) is 4.13 Å². The molecule has 2 aliphatic rings. The maximum absolute atomic E-state index is 8.65. The van der Waals surface area contributed by atoms with Crippen molar-refractivity contribution >= 4 is 50.7 Å². The van der Waals surface area contributed by atoms with Crippen molar-refractivity contribution in [2.75, 3.05) is 0 Å². The number of halogens is 2. The Morgan fingerprint density at radius 1 is 0.471 bits per heavy atom. The zero-order valence-corrected chi connectivity index (χ0v) is 35.3. The minimum atomic E-state index is -4.98. The average molecular weight is 786 g/mol. The summed E-state index contributed by atoms with van der Waals surface area (Å²) in [4.78, 5) is 0. The molecule has 0 radical (unpaired) electrons. The van der Waals surface area contributed by atoms with E-state index < -0.39 is 16.4 Å². The number of rotatable bonds is 5. The molecule has 257 valence electrons. The summed E-state index contributed by atoms with van der Waals surface area (Å²) in [5, 5.41) is 5.09. The van der Waals surface area contributed by atoms with Crippen LogP contribution in [0.1, 0.15) is 83.7 Å². The fraction of sp³-hybridized carbons (Fsp3) is 0.250. The molecular weight excluding hydrogens is 739 g/mol. The van der Waals surface area contributed by atoms with E-state index in [-0.39, 0.29) is 7.25 Å². The van der Waals surface area contributed by atoms with Crippen molar-refractivity contribution in [1.82, 2.24) is 0 Å². The van der Waals surface area contributed by atoms with E-state index in [1.807, 2.05) is 0 Å². The maximum atomic E-state index is 8.65. The van der Waals surface area contributed by atoms with Gasteiger partial charge in [0.05, 0.1) is 0 Å². The van der Waals surface area contributed by atoms with Gasteiger partial charge in [0.2, 0.25) is 0 Å². The van der Waals surface area contributed by atoms with Crippen LogP contribution in [0.3, 0.4) is 0 Å². The van der Waals surface area contributed by atoms with Crippen molar-refractivity contribution in [2.24, 2.45) is 0 Å². The first-order valence-electron chi connectivity index (χ1n) is 18.5. The van der Waals surface area contributed by atoms with Crippen LogP contribution in [-0.4, -0.2) is 0 Å². The molecule has 2 atom stereocenters. The number of allylic oxidation sites excluding steroid dienone is 2. The van der Waals surface area contributed by atoms with Crippen molar-refractivity contribution in [1.29, 1.82) is 0 Å². The Balaban J connectivity index is 1.40. The van der Waals surface area contributed by atoms with Gasteiger partial charge in [-0.05, 0) is 0 Å². The summed E-state index contributed by atoms with van der Waals surface area (Å²) in [6, 6.07) is 31.0. The van der Waals surface area contributed by atoms with Gasteiger partial charge in [-0.25, -0.2) is 0 Å². The molecule has 3 heteroatoms. The molecule has 8 rings (SSSR count). The predicted molar refractivity (Wildman–Crippen MR) is 222 cm³/mol. The van der Waals surface area contributed by atoms with E-state index in [0.717, 1.165) is 4.13 Å². The first-order chi connectivity index (χ1) is 24.3. The van der Waals surface area contributed by atoms with Crippen molar-refractivity contribution in [3.8, 4) is 22.3 Å². The van der Waals surface area contributed by atoms with Crippen LogP contribution >= 0.6 is 17.0 Å². The number of hydrogen-bond donors (Lipinski definition) is 0. The van der Waals surface area contributed by atoms with Gasteiger partial charge in [0.1, 0.15) is 0 Å². The second kappa shape index (κ2) is 12.2. The first-order valence-corrected chi connectivity index (χ1v) is 29.4. The molecule has 0 spiro atoms. The van der Waals surface area contributed by atoms with Gasteiger partial charge in [-0.3, -0.25) is 0 Å². The third-order valence-electron chi connectivity index (χ3n) is 13.1. The van der Waals surface area contributed by atoms with Gasteiger partial charge in [0, 0.05) is 0 Å². The topological polar surface area (TPSA) is 0 Å². The van der Waals surface area contributed by atoms with Crippen LogP contribution in [0.15, 0.2) is 96.1 Å². The summed E-state index contributed by atoms with van der Waals surface area (Å²) in [5.41, 5.74) is 21.3. The van der Waals surface area contributed by atoms with Gasteiger partial charge in [-0.15, -0.1) is 0 Å². The van der Waals surface area contributed by atoms with Crippen molar-refractivity contribution in [2.45, 2.75) is 73.7 Å². The van der Waals surface area contributed by atoms with Crippen LogP contribution in [0, 0.1) is 41.5 Å². The summed E-state index contributed by atoms with van der Waals surface area (Å²) in [6.45, 7) is 20.7. The van der Waals surface area contributed by atoms with E-state index >= 15 is 0 Å². The third kappa shape index (κ3) is 4.87. The van der Waals surface area contributed by atoms with E-state index in [9.17, 15) is 0 Å². The van der Waals surface area contributed by atoms with Gasteiger partial charge in [0.25, 0.3) is 0 Å². The number of hydrogen-bond acceptors (Lipinski definition) is 0. The molecule has 0 amide bonds. The molecule has 2 unspecified atom stereocenters. The van der Waals surface area contributed by atoms with Crippen molar-refractivity contribution < 1.29 is 16.4 Å². The summed E-state index contributed by atoms with van der Waals surface area (Å²) in [7, 11) is 17.3. The Kier molecular flexibility index (Phi) is 8.31. The first kappa shape index (κ1) is 34.8. The third-order valence-corrected chi connectivity index (χ3v) is 34.2. The molecule has 0 nitrogen and oxygen atoms in total. The summed E-state index contributed by atoms with van der Waals surface area (Å²) in [5.74, 6) is 0. The van der Waals surface area contributed by atoms with Crippen molar-refractivity contribution in [3.63, 3.8) is 0 Å². The zero-order valence-electron chi connectivity index (χ0n) is 31.4. The van der Waals surface area contributed by atoms with E-state index in [4.69, 9.17) is 17.0 Å². The van der Waals surface area contributed by atoms with Gasteiger partial charge in [-0.2, -0.15) is 0 Å². The van der Waals surface area contributed by atoms with E-state index in [0.29, 0.717) is 0 Å². The predicted octanol–water partition coefficient (Wildman–Crippen LogP) is 15.2. The molecule has 51 heavy (non-hydrogen) atoms. The molecule has 0 saturated heterocycles. The second-order valence-corrected chi connectivity index (χ2v) is 38.5. The van der Waals surface area contributed by atoms with E-state index in [1.165, 1.54) is 111 Å². The molecule has 0 fully saturated rings. The Bertz CT molecular complexity index is 2360.